The maximum absolute atomic E-state index is 5.08. The molecule has 188 valence electrons. The van der Waals surface area contributed by atoms with Gasteiger partial charge < -0.3 is 9.80 Å². The molecule has 1 spiro atoms. The Labute approximate surface area is 229 Å². The molecular weight excluding hydrogens is 474 g/mol. The third-order valence-electron chi connectivity index (χ3n) is 9.44. The Hall–Kier alpha value is -4.37. The Morgan fingerprint density at radius 3 is 1.90 bits per heavy atom. The number of anilines is 1. The molecule has 0 unspecified atom stereocenters. The zero-order valence-electron chi connectivity index (χ0n) is 21.9. The lowest BCUT2D eigenvalue weighted by Gasteiger charge is -2.42. The molecule has 3 heteroatoms. The summed E-state index contributed by atoms with van der Waals surface area (Å²) in [5, 5.41) is 2.66. The van der Waals surface area contributed by atoms with Crippen LogP contribution in [0.15, 0.2) is 108 Å². The Morgan fingerprint density at radius 1 is 0.564 bits per heavy atom. The number of rotatable bonds is 1. The van der Waals surface area contributed by atoms with Gasteiger partial charge in [0, 0.05) is 31.6 Å². The van der Waals surface area contributed by atoms with Crippen LogP contribution >= 0.6 is 0 Å². The molecule has 2 aliphatic carbocycles. The molecule has 5 aromatic carbocycles. The van der Waals surface area contributed by atoms with Crippen molar-refractivity contribution in [1.29, 1.82) is 0 Å². The van der Waals surface area contributed by atoms with Gasteiger partial charge in [0.25, 0.3) is 0 Å². The molecule has 0 bridgehead atoms. The van der Waals surface area contributed by atoms with Crippen LogP contribution in [-0.2, 0) is 5.41 Å². The van der Waals surface area contributed by atoms with E-state index in [1.807, 2.05) is 0 Å². The molecule has 0 radical (unpaired) electrons. The summed E-state index contributed by atoms with van der Waals surface area (Å²) in [5.41, 5.74) is 12.0. The van der Waals surface area contributed by atoms with E-state index in [4.69, 9.17) is 4.99 Å². The van der Waals surface area contributed by atoms with E-state index in [0.717, 1.165) is 45.0 Å². The van der Waals surface area contributed by atoms with Gasteiger partial charge in [-0.1, -0.05) is 97.1 Å². The first-order chi connectivity index (χ1) is 19.4. The van der Waals surface area contributed by atoms with E-state index in [1.54, 1.807) is 0 Å². The number of benzene rings is 5. The maximum Gasteiger partial charge on any atom is 0.201 e. The summed E-state index contributed by atoms with van der Waals surface area (Å²) >= 11 is 0. The third kappa shape index (κ3) is 2.65. The molecule has 3 nitrogen and oxygen atoms in total. The molecule has 4 aliphatic rings. The summed E-state index contributed by atoms with van der Waals surface area (Å²) in [6.07, 6.45) is 2.30. The van der Waals surface area contributed by atoms with Crippen LogP contribution in [0.25, 0.3) is 33.0 Å². The van der Waals surface area contributed by atoms with Gasteiger partial charge in [0.15, 0.2) is 0 Å². The molecule has 0 N–H and O–H groups in total. The first-order valence-electron chi connectivity index (χ1n) is 14.3. The monoisotopic (exact) mass is 503 g/mol. The summed E-state index contributed by atoms with van der Waals surface area (Å²) in [5.74, 6) is 1.16. The smallest absolute Gasteiger partial charge is 0.201 e. The van der Waals surface area contributed by atoms with Crippen LogP contribution in [-0.4, -0.2) is 37.0 Å². The van der Waals surface area contributed by atoms with Crippen LogP contribution in [0.5, 0.6) is 0 Å². The van der Waals surface area contributed by atoms with Gasteiger partial charge >= 0.3 is 0 Å². The lowest BCUT2D eigenvalue weighted by Crippen LogP contribution is -2.52. The van der Waals surface area contributed by atoms with Crippen molar-refractivity contribution < 1.29 is 0 Å². The molecule has 0 atom stereocenters. The normalized spacial score (nSPS) is 17.9. The standard InChI is InChI=1S/C36H29N3/c1-2-14-27-26(13-1)33(39-22-10-21-38-20-9-19-37-35(38)39)23-32-34(27)28-15-5-8-18-31(28)36(32)29-16-6-3-11-24(29)25-12-4-7-17-30(25)36/h1-8,11-18,23H,9-10,19-22H2. The summed E-state index contributed by atoms with van der Waals surface area (Å²) in [7, 11) is 0. The first kappa shape index (κ1) is 21.6. The molecule has 9 rings (SSSR count). The zero-order valence-corrected chi connectivity index (χ0v) is 21.9. The molecule has 1 saturated heterocycles. The second kappa shape index (κ2) is 7.83. The van der Waals surface area contributed by atoms with E-state index in [1.165, 1.54) is 61.0 Å². The number of fused-ring (bicyclic) bond motifs is 13. The van der Waals surface area contributed by atoms with Crippen molar-refractivity contribution in [2.24, 2.45) is 4.99 Å². The lowest BCUT2D eigenvalue weighted by molar-refractivity contribution is 0.360. The number of hydrogen-bond donors (Lipinski definition) is 0. The van der Waals surface area contributed by atoms with E-state index in [2.05, 4.69) is 113 Å². The van der Waals surface area contributed by atoms with Gasteiger partial charge in [0.1, 0.15) is 0 Å². The van der Waals surface area contributed by atoms with E-state index in [-0.39, 0.29) is 5.41 Å². The van der Waals surface area contributed by atoms with Gasteiger partial charge in [-0.25, -0.2) is 0 Å². The van der Waals surface area contributed by atoms with Gasteiger partial charge in [-0.3, -0.25) is 4.99 Å². The molecule has 2 heterocycles. The Balaban J connectivity index is 1.43. The van der Waals surface area contributed by atoms with Crippen molar-refractivity contribution in [3.8, 4) is 22.3 Å². The summed E-state index contributed by atoms with van der Waals surface area (Å²) in [6.45, 7) is 4.13. The number of aliphatic imine (C=N–C) groups is 1. The zero-order chi connectivity index (χ0) is 25.6. The number of nitrogens with zero attached hydrogens (tertiary/aromatic N) is 3. The Morgan fingerprint density at radius 2 is 1.15 bits per heavy atom. The predicted molar refractivity (Wildman–Crippen MR) is 161 cm³/mol. The Bertz CT molecular complexity index is 1800. The van der Waals surface area contributed by atoms with Gasteiger partial charge in [-0.15, -0.1) is 0 Å². The minimum Gasteiger partial charge on any atom is -0.342 e. The molecule has 5 aromatic rings. The fourth-order valence-corrected chi connectivity index (χ4v) is 8.01. The van der Waals surface area contributed by atoms with Crippen LogP contribution in [0.3, 0.4) is 0 Å². The van der Waals surface area contributed by atoms with Crippen molar-refractivity contribution in [3.63, 3.8) is 0 Å². The fraction of sp³-hybridized carbons (Fsp3) is 0.194. The SMILES string of the molecule is c1ccc2c(c1)-c1ccccc1C21c2ccccc2-c2c1cc(N1CCCN3CCCN=C31)c1ccccc21. The van der Waals surface area contributed by atoms with Crippen LogP contribution in [0.2, 0.25) is 0 Å². The molecule has 0 amide bonds. The summed E-state index contributed by atoms with van der Waals surface area (Å²) < 4.78 is 0. The third-order valence-corrected chi connectivity index (χ3v) is 9.44. The molecule has 2 aliphatic heterocycles. The van der Waals surface area contributed by atoms with Crippen molar-refractivity contribution in [3.05, 3.63) is 125 Å². The fourth-order valence-electron chi connectivity index (χ4n) is 8.01. The highest BCUT2D eigenvalue weighted by Crippen LogP contribution is 2.64. The number of hydrogen-bond acceptors (Lipinski definition) is 3. The highest BCUT2D eigenvalue weighted by Gasteiger charge is 2.52. The lowest BCUT2D eigenvalue weighted by atomic mass is 9.70. The summed E-state index contributed by atoms with van der Waals surface area (Å²) in [6, 6.07) is 38.9. The average Bonchev–Trinajstić information content (AvgIpc) is 3.48. The van der Waals surface area contributed by atoms with Gasteiger partial charge in [-0.2, -0.15) is 0 Å². The van der Waals surface area contributed by atoms with Crippen LogP contribution in [0.1, 0.15) is 35.1 Å². The minimum absolute atomic E-state index is 0.332. The second-order valence-corrected chi connectivity index (χ2v) is 11.3. The Kier molecular flexibility index (Phi) is 4.33. The maximum atomic E-state index is 5.08. The highest BCUT2D eigenvalue weighted by atomic mass is 15.4. The van der Waals surface area contributed by atoms with E-state index in [0.29, 0.717) is 0 Å². The number of guanidine groups is 1. The molecular formula is C36H29N3. The van der Waals surface area contributed by atoms with Gasteiger partial charge in [0.05, 0.1) is 11.1 Å². The second-order valence-electron chi connectivity index (χ2n) is 11.3. The van der Waals surface area contributed by atoms with Gasteiger partial charge in [0.2, 0.25) is 5.96 Å². The van der Waals surface area contributed by atoms with E-state index >= 15 is 0 Å². The molecule has 1 fully saturated rings. The topological polar surface area (TPSA) is 18.8 Å². The quantitative estimate of drug-likeness (QED) is 0.232. The molecule has 39 heavy (non-hydrogen) atoms. The van der Waals surface area contributed by atoms with E-state index in [9.17, 15) is 0 Å². The molecule has 0 aromatic heterocycles. The average molecular weight is 504 g/mol. The van der Waals surface area contributed by atoms with Gasteiger partial charge in [-0.05, 0) is 68.8 Å². The minimum atomic E-state index is -0.332. The van der Waals surface area contributed by atoms with Crippen molar-refractivity contribution in [2.75, 3.05) is 31.1 Å². The highest BCUT2D eigenvalue weighted by molar-refractivity contribution is 6.13. The van der Waals surface area contributed by atoms with E-state index < -0.39 is 0 Å². The van der Waals surface area contributed by atoms with Crippen molar-refractivity contribution in [2.45, 2.75) is 18.3 Å². The van der Waals surface area contributed by atoms with Crippen LogP contribution in [0.4, 0.5) is 5.69 Å². The van der Waals surface area contributed by atoms with Crippen LogP contribution in [0, 0.1) is 0 Å². The predicted octanol–water partition coefficient (Wildman–Crippen LogP) is 7.46. The first-order valence-corrected chi connectivity index (χ1v) is 14.3. The van der Waals surface area contributed by atoms with Crippen molar-refractivity contribution in [1.82, 2.24) is 4.90 Å². The summed E-state index contributed by atoms with van der Waals surface area (Å²) in [4.78, 5) is 10.1. The largest absolute Gasteiger partial charge is 0.342 e. The molecule has 0 saturated carbocycles. The van der Waals surface area contributed by atoms with Crippen LogP contribution < -0.4 is 4.90 Å². The van der Waals surface area contributed by atoms with Crippen molar-refractivity contribution >= 4 is 22.4 Å².